The first-order chi connectivity index (χ1) is 10.1. The number of aromatic nitrogens is 2. The Kier molecular flexibility index (Phi) is 3.66. The SMILES string of the molecule is COc1ccc2c(c1)nc(C1(CN)CCC(C)CC1)n2C. The van der Waals surface area contributed by atoms with E-state index in [1.165, 1.54) is 12.8 Å². The number of imidazole rings is 1. The molecule has 0 aliphatic heterocycles. The molecular formula is C17H25N3O. The highest BCUT2D eigenvalue weighted by Gasteiger charge is 2.38. The maximum atomic E-state index is 6.18. The van der Waals surface area contributed by atoms with Crippen LogP contribution in [0.5, 0.6) is 5.75 Å². The molecule has 0 unspecified atom stereocenters. The van der Waals surface area contributed by atoms with Gasteiger partial charge in [-0.1, -0.05) is 6.92 Å². The van der Waals surface area contributed by atoms with E-state index >= 15 is 0 Å². The van der Waals surface area contributed by atoms with E-state index < -0.39 is 0 Å². The number of methoxy groups -OCH3 is 1. The minimum atomic E-state index is 0.0352. The predicted molar refractivity (Wildman–Crippen MR) is 85.6 cm³/mol. The zero-order chi connectivity index (χ0) is 15.0. The molecule has 1 fully saturated rings. The van der Waals surface area contributed by atoms with E-state index in [-0.39, 0.29) is 5.41 Å². The van der Waals surface area contributed by atoms with Crippen LogP contribution in [0.1, 0.15) is 38.4 Å². The summed E-state index contributed by atoms with van der Waals surface area (Å²) < 4.78 is 7.53. The molecule has 0 saturated heterocycles. The first-order valence-electron chi connectivity index (χ1n) is 7.80. The van der Waals surface area contributed by atoms with Crippen LogP contribution in [0.25, 0.3) is 11.0 Å². The zero-order valence-electron chi connectivity index (χ0n) is 13.2. The summed E-state index contributed by atoms with van der Waals surface area (Å²) in [6, 6.07) is 6.08. The maximum absolute atomic E-state index is 6.18. The van der Waals surface area contributed by atoms with Gasteiger partial charge in [-0.15, -0.1) is 0 Å². The van der Waals surface area contributed by atoms with Crippen molar-refractivity contribution in [3.8, 4) is 5.75 Å². The number of rotatable bonds is 3. The second kappa shape index (κ2) is 5.34. The van der Waals surface area contributed by atoms with E-state index in [1.54, 1.807) is 7.11 Å². The highest BCUT2D eigenvalue weighted by Crippen LogP contribution is 2.41. The van der Waals surface area contributed by atoms with Gasteiger partial charge in [-0.2, -0.15) is 0 Å². The lowest BCUT2D eigenvalue weighted by Gasteiger charge is -2.37. The lowest BCUT2D eigenvalue weighted by Crippen LogP contribution is -2.40. The number of aryl methyl sites for hydroxylation is 1. The highest BCUT2D eigenvalue weighted by atomic mass is 16.5. The van der Waals surface area contributed by atoms with Crippen molar-refractivity contribution in [3.63, 3.8) is 0 Å². The lowest BCUT2D eigenvalue weighted by atomic mass is 9.70. The fraction of sp³-hybridized carbons (Fsp3) is 0.588. The number of benzene rings is 1. The van der Waals surface area contributed by atoms with Gasteiger partial charge in [-0.25, -0.2) is 4.98 Å². The average molecular weight is 287 g/mol. The molecule has 1 aliphatic rings. The third-order valence-corrected chi connectivity index (χ3v) is 5.18. The first-order valence-corrected chi connectivity index (χ1v) is 7.80. The third-order valence-electron chi connectivity index (χ3n) is 5.18. The summed E-state index contributed by atoms with van der Waals surface area (Å²) in [5.41, 5.74) is 8.37. The van der Waals surface area contributed by atoms with E-state index in [1.807, 2.05) is 12.1 Å². The number of ether oxygens (including phenoxy) is 1. The molecular weight excluding hydrogens is 262 g/mol. The molecule has 1 aliphatic carbocycles. The molecule has 114 valence electrons. The molecule has 0 amide bonds. The fourth-order valence-corrected chi connectivity index (χ4v) is 3.61. The van der Waals surface area contributed by atoms with Crippen molar-refractivity contribution in [1.82, 2.24) is 9.55 Å². The lowest BCUT2D eigenvalue weighted by molar-refractivity contribution is 0.233. The van der Waals surface area contributed by atoms with Gasteiger partial charge in [0.1, 0.15) is 11.6 Å². The predicted octanol–water partition coefficient (Wildman–Crippen LogP) is 2.99. The average Bonchev–Trinajstić information content (AvgIpc) is 2.85. The van der Waals surface area contributed by atoms with Crippen LogP contribution in [0.3, 0.4) is 0 Å². The van der Waals surface area contributed by atoms with Crippen molar-refractivity contribution in [1.29, 1.82) is 0 Å². The molecule has 0 bridgehead atoms. The number of fused-ring (bicyclic) bond motifs is 1. The normalized spacial score (nSPS) is 26.2. The summed E-state index contributed by atoms with van der Waals surface area (Å²) in [7, 11) is 3.79. The summed E-state index contributed by atoms with van der Waals surface area (Å²) in [6.45, 7) is 3.01. The summed E-state index contributed by atoms with van der Waals surface area (Å²) in [6.07, 6.45) is 4.76. The van der Waals surface area contributed by atoms with Crippen LogP contribution in [0.2, 0.25) is 0 Å². The van der Waals surface area contributed by atoms with Gasteiger partial charge in [0.15, 0.2) is 0 Å². The minimum absolute atomic E-state index is 0.0352. The van der Waals surface area contributed by atoms with Gasteiger partial charge in [0.25, 0.3) is 0 Å². The number of hydrogen-bond acceptors (Lipinski definition) is 3. The fourth-order valence-electron chi connectivity index (χ4n) is 3.61. The smallest absolute Gasteiger partial charge is 0.121 e. The van der Waals surface area contributed by atoms with Crippen molar-refractivity contribution in [2.75, 3.05) is 13.7 Å². The van der Waals surface area contributed by atoms with Crippen molar-refractivity contribution < 1.29 is 4.74 Å². The summed E-state index contributed by atoms with van der Waals surface area (Å²) >= 11 is 0. The molecule has 0 atom stereocenters. The van der Waals surface area contributed by atoms with Crippen molar-refractivity contribution >= 4 is 11.0 Å². The number of nitrogens with two attached hydrogens (primary N) is 1. The second-order valence-corrected chi connectivity index (χ2v) is 6.52. The molecule has 3 rings (SSSR count). The molecule has 0 radical (unpaired) electrons. The van der Waals surface area contributed by atoms with E-state index in [9.17, 15) is 0 Å². The number of nitrogens with zero attached hydrogens (tertiary/aromatic N) is 2. The largest absolute Gasteiger partial charge is 0.497 e. The van der Waals surface area contributed by atoms with Crippen molar-refractivity contribution in [2.45, 2.75) is 38.0 Å². The molecule has 4 nitrogen and oxygen atoms in total. The van der Waals surface area contributed by atoms with Gasteiger partial charge in [0.05, 0.1) is 18.1 Å². The Labute approximate surface area is 126 Å². The zero-order valence-corrected chi connectivity index (χ0v) is 13.2. The Bertz CT molecular complexity index is 639. The van der Waals surface area contributed by atoms with Crippen LogP contribution in [0.4, 0.5) is 0 Å². The monoisotopic (exact) mass is 287 g/mol. The topological polar surface area (TPSA) is 53.1 Å². The summed E-state index contributed by atoms with van der Waals surface area (Å²) in [5, 5.41) is 0. The van der Waals surface area contributed by atoms with Crippen LogP contribution in [0.15, 0.2) is 18.2 Å². The Morgan fingerprint density at radius 3 is 2.71 bits per heavy atom. The van der Waals surface area contributed by atoms with Crippen LogP contribution >= 0.6 is 0 Å². The number of hydrogen-bond donors (Lipinski definition) is 1. The van der Waals surface area contributed by atoms with Gasteiger partial charge in [-0.3, -0.25) is 0 Å². The molecule has 1 aromatic heterocycles. The van der Waals surface area contributed by atoms with E-state index in [0.717, 1.165) is 41.4 Å². The Morgan fingerprint density at radius 2 is 2.10 bits per heavy atom. The molecule has 1 aromatic carbocycles. The molecule has 21 heavy (non-hydrogen) atoms. The van der Waals surface area contributed by atoms with E-state index in [4.69, 9.17) is 15.5 Å². The van der Waals surface area contributed by atoms with E-state index in [2.05, 4.69) is 24.6 Å². The van der Waals surface area contributed by atoms with Crippen LogP contribution < -0.4 is 10.5 Å². The first kappa shape index (κ1) is 14.4. The quantitative estimate of drug-likeness (QED) is 0.944. The van der Waals surface area contributed by atoms with Crippen LogP contribution in [-0.4, -0.2) is 23.2 Å². The van der Waals surface area contributed by atoms with Gasteiger partial charge in [0, 0.05) is 25.1 Å². The highest BCUT2D eigenvalue weighted by molar-refractivity contribution is 5.78. The summed E-state index contributed by atoms with van der Waals surface area (Å²) in [4.78, 5) is 4.92. The Morgan fingerprint density at radius 1 is 1.38 bits per heavy atom. The van der Waals surface area contributed by atoms with Gasteiger partial charge >= 0.3 is 0 Å². The van der Waals surface area contributed by atoms with Crippen LogP contribution in [0, 0.1) is 5.92 Å². The van der Waals surface area contributed by atoms with Crippen molar-refractivity contribution in [3.05, 3.63) is 24.0 Å². The third kappa shape index (κ3) is 2.31. The molecule has 0 spiro atoms. The van der Waals surface area contributed by atoms with Gasteiger partial charge in [0.2, 0.25) is 0 Å². The molecule has 2 aromatic rings. The van der Waals surface area contributed by atoms with Crippen molar-refractivity contribution in [2.24, 2.45) is 18.7 Å². The Balaban J connectivity index is 2.08. The Hall–Kier alpha value is -1.55. The van der Waals surface area contributed by atoms with Crippen LogP contribution in [-0.2, 0) is 12.5 Å². The molecule has 1 heterocycles. The standard InChI is InChI=1S/C17H25N3O/c1-12-6-8-17(11-18,9-7-12)16-19-14-10-13(21-3)4-5-15(14)20(16)2/h4-5,10,12H,6-9,11,18H2,1-3H3. The van der Waals surface area contributed by atoms with E-state index in [0.29, 0.717) is 6.54 Å². The molecule has 4 heteroatoms. The van der Waals surface area contributed by atoms with Gasteiger partial charge in [-0.05, 0) is 43.7 Å². The second-order valence-electron chi connectivity index (χ2n) is 6.52. The molecule has 2 N–H and O–H groups in total. The molecule has 1 saturated carbocycles. The maximum Gasteiger partial charge on any atom is 0.121 e. The minimum Gasteiger partial charge on any atom is -0.497 e. The summed E-state index contributed by atoms with van der Waals surface area (Å²) in [5.74, 6) is 2.80. The van der Waals surface area contributed by atoms with Gasteiger partial charge < -0.3 is 15.0 Å².